The predicted octanol–water partition coefficient (Wildman–Crippen LogP) is 2.62. The fraction of sp³-hybridized carbons (Fsp3) is 0.375. The van der Waals surface area contributed by atoms with Crippen molar-refractivity contribution in [2.45, 2.75) is 40.2 Å². The summed E-state index contributed by atoms with van der Waals surface area (Å²) < 4.78 is 5.05. The van der Waals surface area contributed by atoms with Gasteiger partial charge in [-0.1, -0.05) is 0 Å². The number of hydrogen-bond acceptors (Lipinski definition) is 7. The van der Waals surface area contributed by atoms with Crippen LogP contribution in [0.4, 0.5) is 10.6 Å². The molecule has 134 valence electrons. The zero-order chi connectivity index (χ0) is 19.0. The van der Waals surface area contributed by atoms with E-state index < -0.39 is 17.7 Å². The van der Waals surface area contributed by atoms with E-state index in [9.17, 15) is 9.59 Å². The molecular weight excluding hydrogens is 326 g/mol. The molecule has 0 unspecified atom stereocenters. The average molecular weight is 347 g/mol. The van der Waals surface area contributed by atoms with Crippen LogP contribution in [-0.2, 0) is 4.74 Å². The van der Waals surface area contributed by atoms with Crippen molar-refractivity contribution in [1.29, 1.82) is 0 Å². The summed E-state index contributed by atoms with van der Waals surface area (Å²) in [4.78, 5) is 36.9. The molecule has 0 aliphatic rings. The quantitative estimate of drug-likeness (QED) is 0.848. The highest BCUT2D eigenvalue weighted by molar-refractivity contribution is 5.84. The molecule has 0 fully saturated rings. The molecule has 0 spiro atoms. The van der Waals surface area contributed by atoms with Crippen LogP contribution < -0.4 is 5.32 Å². The van der Waals surface area contributed by atoms with Gasteiger partial charge < -0.3 is 9.84 Å². The van der Waals surface area contributed by atoms with E-state index in [4.69, 9.17) is 9.84 Å². The molecule has 2 N–H and O–H groups in total. The molecule has 0 aliphatic carbocycles. The standard InChI is InChI=1S/C10H15N3O2.C6H6N2O2/c1-7-5-12-8(6-11-7)13-9(14)15-10(2,3)4;1-4-2-8-5(3-7-4)6(9)10/h5-6H,1-4H3,(H,12,13,14);2-3H,1H3,(H,9,10). The van der Waals surface area contributed by atoms with E-state index in [-0.39, 0.29) is 5.69 Å². The molecule has 2 heterocycles. The lowest BCUT2D eigenvalue weighted by atomic mass is 10.2. The summed E-state index contributed by atoms with van der Waals surface area (Å²) in [6.45, 7) is 8.97. The van der Waals surface area contributed by atoms with Crippen molar-refractivity contribution in [3.8, 4) is 0 Å². The van der Waals surface area contributed by atoms with E-state index in [2.05, 4.69) is 25.3 Å². The van der Waals surface area contributed by atoms with Crippen LogP contribution in [0.3, 0.4) is 0 Å². The Morgan fingerprint density at radius 1 is 0.960 bits per heavy atom. The van der Waals surface area contributed by atoms with E-state index in [1.807, 2.05) is 6.92 Å². The predicted molar refractivity (Wildman–Crippen MR) is 90.4 cm³/mol. The van der Waals surface area contributed by atoms with Crippen molar-refractivity contribution in [3.63, 3.8) is 0 Å². The number of carbonyl (C=O) groups is 2. The summed E-state index contributed by atoms with van der Waals surface area (Å²) in [6.07, 6.45) is 5.19. The smallest absolute Gasteiger partial charge is 0.413 e. The van der Waals surface area contributed by atoms with Crippen LogP contribution in [0.2, 0.25) is 0 Å². The van der Waals surface area contributed by atoms with Crippen LogP contribution in [0.1, 0.15) is 42.6 Å². The summed E-state index contributed by atoms with van der Waals surface area (Å²) in [6, 6.07) is 0. The van der Waals surface area contributed by atoms with Crippen molar-refractivity contribution in [1.82, 2.24) is 19.9 Å². The van der Waals surface area contributed by atoms with Gasteiger partial charge in [-0.05, 0) is 34.6 Å². The lowest BCUT2D eigenvalue weighted by Crippen LogP contribution is -2.27. The van der Waals surface area contributed by atoms with E-state index in [0.717, 1.165) is 5.69 Å². The van der Waals surface area contributed by atoms with Gasteiger partial charge in [0.2, 0.25) is 0 Å². The van der Waals surface area contributed by atoms with Gasteiger partial charge >= 0.3 is 12.1 Å². The Balaban J connectivity index is 0.000000271. The zero-order valence-electron chi connectivity index (χ0n) is 14.8. The Bertz CT molecular complexity index is 709. The first-order valence-corrected chi connectivity index (χ1v) is 7.37. The van der Waals surface area contributed by atoms with Crippen molar-refractivity contribution in [2.75, 3.05) is 5.32 Å². The molecule has 0 saturated carbocycles. The highest BCUT2D eigenvalue weighted by Gasteiger charge is 2.16. The lowest BCUT2D eigenvalue weighted by molar-refractivity contribution is 0.0633. The van der Waals surface area contributed by atoms with Crippen LogP contribution in [0.5, 0.6) is 0 Å². The van der Waals surface area contributed by atoms with E-state index in [1.165, 1.54) is 18.6 Å². The minimum absolute atomic E-state index is 0.0226. The van der Waals surface area contributed by atoms with Gasteiger partial charge in [-0.25, -0.2) is 19.6 Å². The molecule has 0 aromatic carbocycles. The van der Waals surface area contributed by atoms with Crippen LogP contribution >= 0.6 is 0 Å². The van der Waals surface area contributed by atoms with E-state index in [0.29, 0.717) is 11.5 Å². The molecule has 0 bridgehead atoms. The molecule has 0 atom stereocenters. The number of ether oxygens (including phenoxy) is 1. The number of nitrogens with one attached hydrogen (secondary N) is 1. The Morgan fingerprint density at radius 2 is 1.52 bits per heavy atom. The monoisotopic (exact) mass is 347 g/mol. The molecule has 2 rings (SSSR count). The lowest BCUT2D eigenvalue weighted by Gasteiger charge is -2.19. The van der Waals surface area contributed by atoms with Gasteiger partial charge in [-0.3, -0.25) is 15.3 Å². The number of hydrogen-bond donors (Lipinski definition) is 2. The van der Waals surface area contributed by atoms with E-state index in [1.54, 1.807) is 33.9 Å². The Morgan fingerprint density at radius 3 is 1.92 bits per heavy atom. The van der Waals surface area contributed by atoms with Gasteiger partial charge in [-0.15, -0.1) is 0 Å². The first kappa shape index (κ1) is 19.9. The number of anilines is 1. The first-order valence-electron chi connectivity index (χ1n) is 7.37. The number of carboxylic acid groups (broad SMARTS) is 1. The number of aryl methyl sites for hydroxylation is 2. The molecule has 0 radical (unpaired) electrons. The molecule has 9 nitrogen and oxygen atoms in total. The largest absolute Gasteiger partial charge is 0.476 e. The van der Waals surface area contributed by atoms with Crippen molar-refractivity contribution in [3.05, 3.63) is 41.9 Å². The topological polar surface area (TPSA) is 127 Å². The molecule has 25 heavy (non-hydrogen) atoms. The maximum absolute atomic E-state index is 11.3. The fourth-order valence-corrected chi connectivity index (χ4v) is 1.37. The Labute approximate surface area is 145 Å². The summed E-state index contributed by atoms with van der Waals surface area (Å²) in [5.74, 6) is -0.664. The number of carbonyl (C=O) groups excluding carboxylic acids is 1. The van der Waals surface area contributed by atoms with Crippen LogP contribution in [0, 0.1) is 13.8 Å². The first-order chi connectivity index (χ1) is 11.6. The van der Waals surface area contributed by atoms with Crippen molar-refractivity contribution < 1.29 is 19.4 Å². The number of rotatable bonds is 2. The fourth-order valence-electron chi connectivity index (χ4n) is 1.37. The summed E-state index contributed by atoms with van der Waals surface area (Å²) in [5.41, 5.74) is 0.975. The second kappa shape index (κ2) is 8.67. The van der Waals surface area contributed by atoms with Gasteiger partial charge in [0.1, 0.15) is 5.60 Å². The Kier molecular flexibility index (Phi) is 6.92. The SMILES string of the molecule is Cc1cnc(C(=O)O)cn1.Cc1cnc(NC(=O)OC(C)(C)C)cn1. The van der Waals surface area contributed by atoms with Crippen molar-refractivity contribution in [2.24, 2.45) is 0 Å². The minimum atomic E-state index is -1.05. The van der Waals surface area contributed by atoms with Crippen LogP contribution in [-0.4, -0.2) is 42.7 Å². The maximum Gasteiger partial charge on any atom is 0.413 e. The van der Waals surface area contributed by atoms with Crippen molar-refractivity contribution >= 4 is 17.9 Å². The van der Waals surface area contributed by atoms with Gasteiger partial charge in [-0.2, -0.15) is 0 Å². The van der Waals surface area contributed by atoms with Gasteiger partial charge in [0.05, 0.1) is 30.0 Å². The average Bonchev–Trinajstić information content (AvgIpc) is 2.49. The normalized spacial score (nSPS) is 10.3. The molecule has 0 aliphatic heterocycles. The second-order valence-electron chi connectivity index (χ2n) is 6.02. The summed E-state index contributed by atoms with van der Waals surface area (Å²) in [5, 5.41) is 10.9. The van der Waals surface area contributed by atoms with Gasteiger partial charge in [0, 0.05) is 6.20 Å². The number of amides is 1. The summed E-state index contributed by atoms with van der Waals surface area (Å²) in [7, 11) is 0. The van der Waals surface area contributed by atoms with Gasteiger partial charge in [0.25, 0.3) is 0 Å². The number of carboxylic acids is 1. The summed E-state index contributed by atoms with van der Waals surface area (Å²) >= 11 is 0. The highest BCUT2D eigenvalue weighted by Crippen LogP contribution is 2.09. The third-order valence-corrected chi connectivity index (χ3v) is 2.41. The Hall–Kier alpha value is -3.10. The maximum atomic E-state index is 11.3. The highest BCUT2D eigenvalue weighted by atomic mass is 16.6. The van der Waals surface area contributed by atoms with Crippen LogP contribution in [0.25, 0.3) is 0 Å². The molecule has 0 saturated heterocycles. The molecule has 2 aromatic rings. The molecule has 9 heteroatoms. The molecule has 2 aromatic heterocycles. The number of nitrogens with zero attached hydrogens (tertiary/aromatic N) is 4. The zero-order valence-corrected chi connectivity index (χ0v) is 14.8. The third-order valence-electron chi connectivity index (χ3n) is 2.41. The second-order valence-corrected chi connectivity index (χ2v) is 6.02. The molecule has 1 amide bonds. The van der Waals surface area contributed by atoms with Crippen LogP contribution in [0.15, 0.2) is 24.8 Å². The van der Waals surface area contributed by atoms with Gasteiger partial charge in [0.15, 0.2) is 11.5 Å². The number of aromatic carboxylic acids is 1. The minimum Gasteiger partial charge on any atom is -0.476 e. The van der Waals surface area contributed by atoms with E-state index >= 15 is 0 Å². The third kappa shape index (κ3) is 8.35. The molecular formula is C16H21N5O4. The number of aromatic nitrogens is 4.